The molecule has 2 N–H and O–H groups in total. The third-order valence-electron chi connectivity index (χ3n) is 4.65. The van der Waals surface area contributed by atoms with Gasteiger partial charge in [0.05, 0.1) is 10.1 Å². The van der Waals surface area contributed by atoms with E-state index in [1.54, 1.807) is 42.1 Å². The van der Waals surface area contributed by atoms with Gasteiger partial charge in [-0.05, 0) is 56.2 Å². The van der Waals surface area contributed by atoms with Crippen molar-refractivity contribution < 1.29 is 13.2 Å². The van der Waals surface area contributed by atoms with Crippen LogP contribution in [0.3, 0.4) is 0 Å². The van der Waals surface area contributed by atoms with E-state index in [9.17, 15) is 13.2 Å². The van der Waals surface area contributed by atoms with Gasteiger partial charge in [0, 0.05) is 17.1 Å². The quantitative estimate of drug-likeness (QED) is 0.699. The van der Waals surface area contributed by atoms with Gasteiger partial charge in [0.15, 0.2) is 0 Å². The lowest BCUT2D eigenvalue weighted by molar-refractivity contribution is -0.115. The van der Waals surface area contributed by atoms with Crippen LogP contribution >= 0.6 is 11.8 Å². The Bertz CT molecular complexity index is 881. The number of pyridine rings is 1. The Morgan fingerprint density at radius 3 is 2.46 bits per heavy atom. The molecule has 2 aromatic rings. The molecule has 0 radical (unpaired) electrons. The number of amides is 1. The highest BCUT2D eigenvalue weighted by Crippen LogP contribution is 2.31. The minimum absolute atomic E-state index is 0.0576. The second kappa shape index (κ2) is 9.43. The standard InChI is InChI=1S/C20H25N3O3S2/c1-15(27-17-7-3-2-4-8-17)20(24)22-16-10-12-18(13-11-16)28(25,26)23-19-9-5-6-14-21-19/h5-6,9-15,17H,2-4,7-8H2,1H3,(H,21,23)(H,22,24). The van der Waals surface area contributed by atoms with Gasteiger partial charge >= 0.3 is 0 Å². The highest BCUT2D eigenvalue weighted by atomic mass is 32.2. The Balaban J connectivity index is 1.58. The largest absolute Gasteiger partial charge is 0.325 e. The Labute approximate surface area is 170 Å². The van der Waals surface area contributed by atoms with E-state index in [0.717, 1.165) is 0 Å². The van der Waals surface area contributed by atoms with Gasteiger partial charge in [-0.15, -0.1) is 11.8 Å². The first-order valence-electron chi connectivity index (χ1n) is 9.44. The highest BCUT2D eigenvalue weighted by molar-refractivity contribution is 8.01. The molecule has 1 heterocycles. The van der Waals surface area contributed by atoms with Gasteiger partial charge in [0.25, 0.3) is 10.0 Å². The maximum Gasteiger partial charge on any atom is 0.263 e. The minimum atomic E-state index is -3.72. The van der Waals surface area contributed by atoms with Crippen molar-refractivity contribution in [2.24, 2.45) is 0 Å². The summed E-state index contributed by atoms with van der Waals surface area (Å²) in [7, 11) is -3.72. The molecule has 1 aliphatic rings. The summed E-state index contributed by atoms with van der Waals surface area (Å²) < 4.78 is 27.3. The van der Waals surface area contributed by atoms with Crippen LogP contribution in [0, 0.1) is 0 Å². The molecular weight excluding hydrogens is 394 g/mol. The minimum Gasteiger partial charge on any atom is -0.325 e. The molecule has 1 saturated carbocycles. The van der Waals surface area contributed by atoms with Crippen molar-refractivity contribution in [1.29, 1.82) is 0 Å². The Hall–Kier alpha value is -2.06. The van der Waals surface area contributed by atoms with E-state index in [1.165, 1.54) is 50.4 Å². The number of sulfonamides is 1. The second-order valence-electron chi connectivity index (χ2n) is 6.87. The average Bonchev–Trinajstić information content (AvgIpc) is 2.69. The van der Waals surface area contributed by atoms with Crippen molar-refractivity contribution in [3.8, 4) is 0 Å². The molecule has 1 unspecified atom stereocenters. The number of hydrogen-bond acceptors (Lipinski definition) is 5. The summed E-state index contributed by atoms with van der Waals surface area (Å²) in [4.78, 5) is 16.5. The van der Waals surface area contributed by atoms with E-state index in [1.807, 2.05) is 6.92 Å². The molecule has 6 nitrogen and oxygen atoms in total. The van der Waals surface area contributed by atoms with Gasteiger partial charge in [-0.1, -0.05) is 25.3 Å². The van der Waals surface area contributed by atoms with Crippen LogP contribution in [0.4, 0.5) is 11.5 Å². The molecule has 1 amide bonds. The molecule has 1 aromatic heterocycles. The average molecular weight is 420 g/mol. The van der Waals surface area contributed by atoms with Crippen LogP contribution in [0.2, 0.25) is 0 Å². The number of nitrogens with zero attached hydrogens (tertiary/aromatic N) is 1. The van der Waals surface area contributed by atoms with Crippen molar-refractivity contribution in [2.75, 3.05) is 10.0 Å². The van der Waals surface area contributed by atoms with Crippen LogP contribution in [0.5, 0.6) is 0 Å². The number of anilines is 2. The van der Waals surface area contributed by atoms with E-state index in [2.05, 4.69) is 15.0 Å². The Morgan fingerprint density at radius 2 is 1.82 bits per heavy atom. The highest BCUT2D eigenvalue weighted by Gasteiger charge is 2.21. The van der Waals surface area contributed by atoms with Gasteiger partial charge in [-0.3, -0.25) is 9.52 Å². The molecule has 0 aliphatic heterocycles. The lowest BCUT2D eigenvalue weighted by atomic mass is 10.0. The number of hydrogen-bond donors (Lipinski definition) is 2. The summed E-state index contributed by atoms with van der Waals surface area (Å²) in [6.45, 7) is 1.92. The van der Waals surface area contributed by atoms with Gasteiger partial charge in [0.1, 0.15) is 5.82 Å². The molecule has 1 aliphatic carbocycles. The van der Waals surface area contributed by atoms with Gasteiger partial charge in [-0.2, -0.15) is 0 Å². The molecule has 1 fully saturated rings. The third kappa shape index (κ3) is 5.72. The fourth-order valence-electron chi connectivity index (χ4n) is 3.13. The fourth-order valence-corrected chi connectivity index (χ4v) is 5.51. The van der Waals surface area contributed by atoms with E-state index in [4.69, 9.17) is 0 Å². The van der Waals surface area contributed by atoms with E-state index < -0.39 is 10.0 Å². The normalized spacial score (nSPS) is 16.3. The van der Waals surface area contributed by atoms with E-state index in [-0.39, 0.29) is 21.9 Å². The number of aromatic nitrogens is 1. The Kier molecular flexibility index (Phi) is 6.96. The molecule has 0 spiro atoms. The van der Waals surface area contributed by atoms with E-state index in [0.29, 0.717) is 10.9 Å². The fraction of sp³-hybridized carbons (Fsp3) is 0.400. The molecule has 0 bridgehead atoms. The third-order valence-corrected chi connectivity index (χ3v) is 7.50. The number of carbonyl (C=O) groups excluding carboxylic acids is 1. The second-order valence-corrected chi connectivity index (χ2v) is 10.2. The summed E-state index contributed by atoms with van der Waals surface area (Å²) in [5.74, 6) is 0.200. The first-order valence-corrected chi connectivity index (χ1v) is 11.9. The first-order chi connectivity index (χ1) is 13.4. The SMILES string of the molecule is CC(SC1CCCCC1)C(=O)Nc1ccc(S(=O)(=O)Nc2ccccn2)cc1. The summed E-state index contributed by atoms with van der Waals surface area (Å²) in [5, 5.41) is 3.29. The molecular formula is C20H25N3O3S2. The van der Waals surface area contributed by atoms with Crippen molar-refractivity contribution in [1.82, 2.24) is 4.98 Å². The van der Waals surface area contributed by atoms with Crippen LogP contribution < -0.4 is 10.0 Å². The lowest BCUT2D eigenvalue weighted by Gasteiger charge is -2.23. The van der Waals surface area contributed by atoms with Crippen LogP contribution in [0.25, 0.3) is 0 Å². The monoisotopic (exact) mass is 419 g/mol. The van der Waals surface area contributed by atoms with Gasteiger partial charge in [0.2, 0.25) is 5.91 Å². The zero-order chi connectivity index (χ0) is 20.0. The molecule has 3 rings (SSSR count). The first kappa shape index (κ1) is 20.7. The van der Waals surface area contributed by atoms with Crippen molar-refractivity contribution >= 4 is 39.2 Å². The number of carbonyl (C=O) groups is 1. The maximum atomic E-state index is 12.4. The van der Waals surface area contributed by atoms with Gasteiger partial charge < -0.3 is 5.32 Å². The molecule has 150 valence electrons. The molecule has 0 saturated heterocycles. The zero-order valence-corrected chi connectivity index (χ0v) is 17.4. The van der Waals surface area contributed by atoms with Gasteiger partial charge in [-0.25, -0.2) is 13.4 Å². The predicted molar refractivity (Wildman–Crippen MR) is 114 cm³/mol. The zero-order valence-electron chi connectivity index (χ0n) is 15.8. The molecule has 1 atom stereocenters. The number of nitrogens with one attached hydrogen (secondary N) is 2. The summed E-state index contributed by atoms with van der Waals surface area (Å²) in [5.41, 5.74) is 0.581. The lowest BCUT2D eigenvalue weighted by Crippen LogP contribution is -2.25. The van der Waals surface area contributed by atoms with Crippen molar-refractivity contribution in [3.63, 3.8) is 0 Å². The topological polar surface area (TPSA) is 88.2 Å². The molecule has 28 heavy (non-hydrogen) atoms. The molecule has 1 aromatic carbocycles. The van der Waals surface area contributed by atoms with E-state index >= 15 is 0 Å². The summed E-state index contributed by atoms with van der Waals surface area (Å²) in [6.07, 6.45) is 7.66. The van der Waals surface area contributed by atoms with Crippen LogP contribution in [0.15, 0.2) is 53.6 Å². The van der Waals surface area contributed by atoms with Crippen LogP contribution in [-0.4, -0.2) is 29.8 Å². The summed E-state index contributed by atoms with van der Waals surface area (Å²) in [6, 6.07) is 11.1. The van der Waals surface area contributed by atoms with Crippen LogP contribution in [0.1, 0.15) is 39.0 Å². The Morgan fingerprint density at radius 1 is 1.11 bits per heavy atom. The predicted octanol–water partition coefficient (Wildman–Crippen LogP) is 4.28. The van der Waals surface area contributed by atoms with Crippen LogP contribution in [-0.2, 0) is 14.8 Å². The number of thioether (sulfide) groups is 1. The molecule has 8 heteroatoms. The van der Waals surface area contributed by atoms with Crippen molar-refractivity contribution in [3.05, 3.63) is 48.7 Å². The summed E-state index contributed by atoms with van der Waals surface area (Å²) >= 11 is 1.73. The van der Waals surface area contributed by atoms with Crippen molar-refractivity contribution in [2.45, 2.75) is 54.4 Å². The number of benzene rings is 1. The smallest absolute Gasteiger partial charge is 0.263 e. The number of rotatable bonds is 7. The maximum absolute atomic E-state index is 12.4.